The first kappa shape index (κ1) is 17.2. The minimum absolute atomic E-state index is 0.0280. The summed E-state index contributed by atoms with van der Waals surface area (Å²) < 4.78 is 0. The molecule has 0 unspecified atom stereocenters. The van der Waals surface area contributed by atoms with E-state index in [0.717, 1.165) is 18.4 Å². The average Bonchev–Trinajstić information content (AvgIpc) is 3.38. The lowest BCUT2D eigenvalue weighted by Crippen LogP contribution is -2.49. The SMILES string of the molecule is N#C[C@@H]1CSCN1C(=O)[C@H]1CCCN1C(=O)CC1=Cc2ccccc2C1. The molecule has 5 nitrogen and oxygen atoms in total. The third-order valence-corrected chi connectivity index (χ3v) is 6.40. The molecular formula is C20H21N3O2S. The van der Waals surface area contributed by atoms with Gasteiger partial charge < -0.3 is 9.80 Å². The number of fused-ring (bicyclic) bond motifs is 1. The van der Waals surface area contributed by atoms with E-state index < -0.39 is 6.04 Å². The van der Waals surface area contributed by atoms with Crippen LogP contribution >= 0.6 is 11.8 Å². The Labute approximate surface area is 157 Å². The number of hydrogen-bond donors (Lipinski definition) is 0. The molecule has 0 radical (unpaired) electrons. The van der Waals surface area contributed by atoms with Crippen molar-refractivity contribution in [3.8, 4) is 6.07 Å². The number of carbonyl (C=O) groups is 2. The molecule has 0 bridgehead atoms. The molecule has 6 heteroatoms. The maximum Gasteiger partial charge on any atom is 0.247 e. The van der Waals surface area contributed by atoms with Crippen LogP contribution in [0.15, 0.2) is 29.8 Å². The zero-order valence-corrected chi connectivity index (χ0v) is 15.4. The zero-order chi connectivity index (χ0) is 18.1. The highest BCUT2D eigenvalue weighted by Crippen LogP contribution is 2.30. The molecule has 0 spiro atoms. The Morgan fingerprint density at radius 2 is 2.12 bits per heavy atom. The molecule has 2 fully saturated rings. The lowest BCUT2D eigenvalue weighted by atomic mass is 10.1. The van der Waals surface area contributed by atoms with Crippen LogP contribution in [0.1, 0.15) is 30.4 Å². The first-order chi connectivity index (χ1) is 12.7. The second-order valence-electron chi connectivity index (χ2n) is 7.05. The highest BCUT2D eigenvalue weighted by molar-refractivity contribution is 7.99. The van der Waals surface area contributed by atoms with E-state index in [9.17, 15) is 14.9 Å². The van der Waals surface area contributed by atoms with E-state index >= 15 is 0 Å². The van der Waals surface area contributed by atoms with Crippen molar-refractivity contribution < 1.29 is 9.59 Å². The molecule has 4 rings (SSSR count). The number of nitriles is 1. The molecule has 2 aliphatic heterocycles. The highest BCUT2D eigenvalue weighted by Gasteiger charge is 2.40. The van der Waals surface area contributed by atoms with E-state index in [2.05, 4.69) is 24.3 Å². The van der Waals surface area contributed by atoms with Crippen LogP contribution < -0.4 is 0 Å². The molecule has 2 heterocycles. The predicted molar refractivity (Wildman–Crippen MR) is 101 cm³/mol. The summed E-state index contributed by atoms with van der Waals surface area (Å²) in [6.07, 6.45) is 4.83. The summed E-state index contributed by atoms with van der Waals surface area (Å²) in [6.45, 7) is 0.633. The van der Waals surface area contributed by atoms with Gasteiger partial charge in [-0.05, 0) is 30.4 Å². The summed E-state index contributed by atoms with van der Waals surface area (Å²) in [7, 11) is 0. The Balaban J connectivity index is 1.43. The van der Waals surface area contributed by atoms with Crippen molar-refractivity contribution in [2.75, 3.05) is 18.2 Å². The molecule has 0 N–H and O–H groups in total. The summed E-state index contributed by atoms with van der Waals surface area (Å²) in [5, 5.41) is 9.23. The van der Waals surface area contributed by atoms with Crippen LogP contribution in [0.5, 0.6) is 0 Å². The van der Waals surface area contributed by atoms with Crippen LogP contribution in [0.2, 0.25) is 0 Å². The van der Waals surface area contributed by atoms with Crippen LogP contribution in [0, 0.1) is 11.3 Å². The quantitative estimate of drug-likeness (QED) is 0.823. The van der Waals surface area contributed by atoms with E-state index in [-0.39, 0.29) is 17.9 Å². The average molecular weight is 367 g/mol. The third kappa shape index (κ3) is 3.12. The molecule has 2 amide bonds. The Morgan fingerprint density at radius 3 is 2.92 bits per heavy atom. The Bertz CT molecular complexity index is 814. The standard InChI is InChI=1S/C20H21N3O2S/c21-11-17-12-26-13-23(17)20(25)18-6-3-7-22(18)19(24)10-14-8-15-4-1-2-5-16(15)9-14/h1-2,4-5,8,17-18H,3,6-7,9-10,12-13H2/t17-,18-/m1/s1. The molecule has 1 aromatic carbocycles. The molecule has 0 aromatic heterocycles. The van der Waals surface area contributed by atoms with Gasteiger partial charge in [0.05, 0.1) is 11.9 Å². The number of thioether (sulfide) groups is 1. The maximum absolute atomic E-state index is 12.9. The van der Waals surface area contributed by atoms with Crippen LogP contribution in [-0.4, -0.2) is 51.9 Å². The van der Waals surface area contributed by atoms with E-state index in [4.69, 9.17) is 0 Å². The van der Waals surface area contributed by atoms with Gasteiger partial charge in [-0.15, -0.1) is 11.8 Å². The summed E-state index contributed by atoms with van der Waals surface area (Å²) in [4.78, 5) is 29.2. The first-order valence-electron chi connectivity index (χ1n) is 9.02. The molecule has 1 aromatic rings. The molecule has 1 aliphatic carbocycles. The second kappa shape index (κ2) is 7.16. The van der Waals surface area contributed by atoms with Crippen molar-refractivity contribution >= 4 is 29.7 Å². The van der Waals surface area contributed by atoms with Crippen LogP contribution in [0.3, 0.4) is 0 Å². The lowest BCUT2D eigenvalue weighted by Gasteiger charge is -2.29. The van der Waals surface area contributed by atoms with Gasteiger partial charge >= 0.3 is 0 Å². The number of hydrogen-bond acceptors (Lipinski definition) is 4. The first-order valence-corrected chi connectivity index (χ1v) is 10.2. The monoisotopic (exact) mass is 367 g/mol. The summed E-state index contributed by atoms with van der Waals surface area (Å²) in [5.74, 6) is 1.18. The van der Waals surface area contributed by atoms with E-state index in [1.807, 2.05) is 12.1 Å². The molecule has 26 heavy (non-hydrogen) atoms. The van der Waals surface area contributed by atoms with E-state index in [1.54, 1.807) is 21.6 Å². The normalized spacial score (nSPS) is 24.3. The van der Waals surface area contributed by atoms with Gasteiger partial charge in [-0.2, -0.15) is 5.26 Å². The van der Waals surface area contributed by atoms with Gasteiger partial charge in [0, 0.05) is 18.7 Å². The Kier molecular flexibility index (Phi) is 4.73. The summed E-state index contributed by atoms with van der Waals surface area (Å²) >= 11 is 1.60. The molecule has 0 saturated carbocycles. The van der Waals surface area contributed by atoms with Gasteiger partial charge in [-0.1, -0.05) is 35.9 Å². The van der Waals surface area contributed by atoms with Crippen LogP contribution in [-0.2, 0) is 16.0 Å². The molecular weight excluding hydrogens is 346 g/mol. The van der Waals surface area contributed by atoms with Crippen molar-refractivity contribution in [2.45, 2.75) is 37.8 Å². The van der Waals surface area contributed by atoms with Gasteiger partial charge in [-0.25, -0.2) is 0 Å². The van der Waals surface area contributed by atoms with Crippen molar-refractivity contribution in [1.29, 1.82) is 5.26 Å². The fraction of sp³-hybridized carbons (Fsp3) is 0.450. The highest BCUT2D eigenvalue weighted by atomic mass is 32.2. The predicted octanol–water partition coefficient (Wildman–Crippen LogP) is 2.43. The summed E-state index contributed by atoms with van der Waals surface area (Å²) in [6, 6.07) is 9.63. The zero-order valence-electron chi connectivity index (χ0n) is 14.6. The fourth-order valence-electron chi connectivity index (χ4n) is 4.04. The largest absolute Gasteiger partial charge is 0.330 e. The molecule has 134 valence electrons. The van der Waals surface area contributed by atoms with Gasteiger partial charge in [0.2, 0.25) is 11.8 Å². The fourth-order valence-corrected chi connectivity index (χ4v) is 5.13. The lowest BCUT2D eigenvalue weighted by molar-refractivity contribution is -0.143. The van der Waals surface area contributed by atoms with Crippen molar-refractivity contribution in [3.05, 3.63) is 41.0 Å². The Hall–Kier alpha value is -2.26. The topological polar surface area (TPSA) is 64.4 Å². The van der Waals surface area contributed by atoms with Gasteiger partial charge in [-0.3, -0.25) is 9.59 Å². The van der Waals surface area contributed by atoms with Crippen molar-refractivity contribution in [2.24, 2.45) is 0 Å². The summed E-state index contributed by atoms with van der Waals surface area (Å²) in [5.41, 5.74) is 3.56. The van der Waals surface area contributed by atoms with Gasteiger partial charge in [0.1, 0.15) is 12.1 Å². The van der Waals surface area contributed by atoms with Crippen LogP contribution in [0.25, 0.3) is 6.08 Å². The molecule has 2 atom stereocenters. The second-order valence-corrected chi connectivity index (χ2v) is 8.05. The number of carbonyl (C=O) groups excluding carboxylic acids is 2. The third-order valence-electron chi connectivity index (χ3n) is 5.38. The van der Waals surface area contributed by atoms with Gasteiger partial charge in [0.15, 0.2) is 0 Å². The minimum atomic E-state index is -0.401. The molecule has 2 saturated heterocycles. The van der Waals surface area contributed by atoms with Gasteiger partial charge in [0.25, 0.3) is 0 Å². The van der Waals surface area contributed by atoms with Crippen LogP contribution in [0.4, 0.5) is 0 Å². The van der Waals surface area contributed by atoms with E-state index in [0.29, 0.717) is 31.0 Å². The van der Waals surface area contributed by atoms with Crippen molar-refractivity contribution in [1.82, 2.24) is 9.80 Å². The maximum atomic E-state index is 12.9. The molecule has 3 aliphatic rings. The Morgan fingerprint density at radius 1 is 1.27 bits per heavy atom. The number of nitrogens with zero attached hydrogens (tertiary/aromatic N) is 3. The number of rotatable bonds is 3. The number of benzene rings is 1. The van der Waals surface area contributed by atoms with E-state index in [1.165, 1.54) is 11.1 Å². The number of likely N-dealkylation sites (tertiary alicyclic amines) is 1. The number of amides is 2. The smallest absolute Gasteiger partial charge is 0.247 e. The minimum Gasteiger partial charge on any atom is -0.330 e. The van der Waals surface area contributed by atoms with Crippen molar-refractivity contribution in [3.63, 3.8) is 0 Å².